The molecule has 7 nitrogen and oxygen atoms in total. The zero-order chi connectivity index (χ0) is 26.5. The first-order valence-electron chi connectivity index (χ1n) is 12.5. The Labute approximate surface area is 226 Å². The van der Waals surface area contributed by atoms with Crippen LogP contribution in [0.25, 0.3) is 5.70 Å². The fourth-order valence-electron chi connectivity index (χ4n) is 4.56. The summed E-state index contributed by atoms with van der Waals surface area (Å²) in [7, 11) is 0. The molecular weight excluding hydrogens is 496 g/mol. The molecule has 1 aromatic heterocycles. The number of nitrogens with one attached hydrogen (secondary N) is 1. The number of thioether (sulfide) groups is 1. The van der Waals surface area contributed by atoms with Crippen LogP contribution in [0.4, 0.5) is 0 Å². The third-order valence-electron chi connectivity index (χ3n) is 6.25. The van der Waals surface area contributed by atoms with E-state index in [2.05, 4.69) is 16.4 Å². The Balaban J connectivity index is 1.53. The summed E-state index contributed by atoms with van der Waals surface area (Å²) >= 11 is 1.45. The number of ether oxygens (including phenoxy) is 1. The van der Waals surface area contributed by atoms with E-state index in [-0.39, 0.29) is 18.9 Å². The SMILES string of the molecule is CCOC(=O)C1=C(c2ccccc2)N=C2SC=C(CC(=O)NCc3ccccn3)N2C1c1cccc(C)c1. The van der Waals surface area contributed by atoms with E-state index < -0.39 is 12.0 Å². The second-order valence-electron chi connectivity index (χ2n) is 8.93. The highest BCUT2D eigenvalue weighted by molar-refractivity contribution is 8.16. The van der Waals surface area contributed by atoms with Crippen molar-refractivity contribution >= 4 is 34.5 Å². The van der Waals surface area contributed by atoms with E-state index in [1.165, 1.54) is 11.8 Å². The molecular formula is C30H28N4O3S. The zero-order valence-corrected chi connectivity index (χ0v) is 22.1. The van der Waals surface area contributed by atoms with Crippen LogP contribution in [0.2, 0.25) is 0 Å². The average molecular weight is 525 g/mol. The van der Waals surface area contributed by atoms with Gasteiger partial charge < -0.3 is 15.0 Å². The van der Waals surface area contributed by atoms with E-state index in [1.807, 2.05) is 84.0 Å². The van der Waals surface area contributed by atoms with Gasteiger partial charge in [0.2, 0.25) is 5.91 Å². The van der Waals surface area contributed by atoms with Gasteiger partial charge in [-0.2, -0.15) is 0 Å². The molecule has 0 fully saturated rings. The Hall–Kier alpha value is -4.17. The molecule has 0 aliphatic carbocycles. The number of nitrogens with zero attached hydrogens (tertiary/aromatic N) is 3. The van der Waals surface area contributed by atoms with E-state index >= 15 is 0 Å². The molecule has 1 N–H and O–H groups in total. The van der Waals surface area contributed by atoms with Crippen LogP contribution in [-0.4, -0.2) is 33.5 Å². The van der Waals surface area contributed by atoms with Crippen LogP contribution in [0.3, 0.4) is 0 Å². The molecule has 8 heteroatoms. The van der Waals surface area contributed by atoms with Gasteiger partial charge in [0.1, 0.15) is 0 Å². The maximum atomic E-state index is 13.5. The lowest BCUT2D eigenvalue weighted by Crippen LogP contribution is -2.38. The van der Waals surface area contributed by atoms with Crippen molar-refractivity contribution < 1.29 is 14.3 Å². The summed E-state index contributed by atoms with van der Waals surface area (Å²) in [6.45, 7) is 4.40. The van der Waals surface area contributed by atoms with E-state index in [4.69, 9.17) is 9.73 Å². The maximum Gasteiger partial charge on any atom is 0.338 e. The number of hydrogen-bond donors (Lipinski definition) is 1. The third kappa shape index (κ3) is 5.40. The summed E-state index contributed by atoms with van der Waals surface area (Å²) in [5.41, 5.74) is 5.43. The average Bonchev–Trinajstić information content (AvgIpc) is 3.34. The van der Waals surface area contributed by atoms with Crippen LogP contribution in [0.15, 0.2) is 101 Å². The summed E-state index contributed by atoms with van der Waals surface area (Å²) in [6.07, 6.45) is 1.84. The van der Waals surface area contributed by atoms with Crippen molar-refractivity contribution in [2.75, 3.05) is 6.61 Å². The molecule has 1 atom stereocenters. The molecule has 3 heterocycles. The maximum absolute atomic E-state index is 13.5. The lowest BCUT2D eigenvalue weighted by atomic mass is 9.90. The van der Waals surface area contributed by atoms with Gasteiger partial charge in [0, 0.05) is 17.5 Å². The van der Waals surface area contributed by atoms with Crippen molar-refractivity contribution in [1.82, 2.24) is 15.2 Å². The highest BCUT2D eigenvalue weighted by Gasteiger charge is 2.42. The predicted octanol–water partition coefficient (Wildman–Crippen LogP) is 5.37. The number of esters is 1. The zero-order valence-electron chi connectivity index (χ0n) is 21.3. The quantitative estimate of drug-likeness (QED) is 0.399. The number of aryl methyl sites for hydroxylation is 1. The van der Waals surface area contributed by atoms with Gasteiger partial charge in [-0.1, -0.05) is 78.0 Å². The number of fused-ring (bicyclic) bond motifs is 1. The molecule has 0 saturated heterocycles. The molecule has 0 radical (unpaired) electrons. The van der Waals surface area contributed by atoms with E-state index in [9.17, 15) is 9.59 Å². The van der Waals surface area contributed by atoms with E-state index in [0.29, 0.717) is 17.8 Å². The Bertz CT molecular complexity index is 1430. The molecule has 5 rings (SSSR count). The second kappa shape index (κ2) is 11.5. The molecule has 3 aromatic rings. The van der Waals surface area contributed by atoms with Gasteiger partial charge >= 0.3 is 5.97 Å². The van der Waals surface area contributed by atoms with Crippen LogP contribution in [0, 0.1) is 6.92 Å². The molecule has 2 aromatic carbocycles. The summed E-state index contributed by atoms with van der Waals surface area (Å²) in [5.74, 6) is -0.557. The van der Waals surface area contributed by atoms with Crippen molar-refractivity contribution in [2.24, 2.45) is 4.99 Å². The molecule has 2 aliphatic rings. The second-order valence-corrected chi connectivity index (χ2v) is 9.77. The first-order valence-corrected chi connectivity index (χ1v) is 13.4. The third-order valence-corrected chi connectivity index (χ3v) is 7.13. The van der Waals surface area contributed by atoms with Crippen LogP contribution in [0.1, 0.15) is 41.8 Å². The highest BCUT2D eigenvalue weighted by Crippen LogP contribution is 2.47. The normalized spacial score (nSPS) is 16.5. The summed E-state index contributed by atoms with van der Waals surface area (Å²) < 4.78 is 5.56. The number of aromatic nitrogens is 1. The molecule has 38 heavy (non-hydrogen) atoms. The minimum Gasteiger partial charge on any atom is -0.463 e. The molecule has 1 unspecified atom stereocenters. The fraction of sp³-hybridized carbons (Fsp3) is 0.200. The van der Waals surface area contributed by atoms with Gasteiger partial charge in [-0.3, -0.25) is 9.78 Å². The van der Waals surface area contributed by atoms with Gasteiger partial charge in [0.25, 0.3) is 0 Å². The monoisotopic (exact) mass is 524 g/mol. The summed E-state index contributed by atoms with van der Waals surface area (Å²) in [4.78, 5) is 37.7. The fourth-order valence-corrected chi connectivity index (χ4v) is 5.48. The number of rotatable bonds is 8. The number of carbonyl (C=O) groups is 2. The minimum atomic E-state index is -0.499. The molecule has 0 saturated carbocycles. The van der Waals surface area contributed by atoms with Crippen LogP contribution < -0.4 is 5.32 Å². The van der Waals surface area contributed by atoms with Crippen LogP contribution in [-0.2, 0) is 20.9 Å². The van der Waals surface area contributed by atoms with Gasteiger partial charge in [-0.15, -0.1) is 0 Å². The van der Waals surface area contributed by atoms with Gasteiger partial charge in [0.15, 0.2) is 5.17 Å². The number of amides is 1. The number of amidine groups is 1. The van der Waals surface area contributed by atoms with Crippen LogP contribution >= 0.6 is 11.8 Å². The van der Waals surface area contributed by atoms with Gasteiger partial charge in [-0.25, -0.2) is 9.79 Å². The molecule has 192 valence electrons. The summed E-state index contributed by atoms with van der Waals surface area (Å²) in [6, 6.07) is 22.9. The van der Waals surface area contributed by atoms with Crippen molar-refractivity contribution in [3.05, 3.63) is 118 Å². The van der Waals surface area contributed by atoms with Crippen molar-refractivity contribution in [3.63, 3.8) is 0 Å². The number of aliphatic imine (C=N–C) groups is 1. The number of pyridine rings is 1. The molecule has 1 amide bonds. The highest BCUT2D eigenvalue weighted by atomic mass is 32.2. The van der Waals surface area contributed by atoms with Crippen LogP contribution in [0.5, 0.6) is 0 Å². The van der Waals surface area contributed by atoms with Gasteiger partial charge in [-0.05, 0) is 37.0 Å². The van der Waals surface area contributed by atoms with Crippen molar-refractivity contribution in [3.8, 4) is 0 Å². The van der Waals surface area contributed by atoms with E-state index in [0.717, 1.165) is 33.2 Å². The first kappa shape index (κ1) is 25.5. The van der Waals surface area contributed by atoms with Crippen molar-refractivity contribution in [2.45, 2.75) is 32.9 Å². The standard InChI is InChI=1S/C30H28N4O3S/c1-3-37-29(36)26-27(21-11-5-4-6-12-21)33-30-34(28(26)22-13-9-10-20(2)16-22)24(19-38-30)17-25(35)32-18-23-14-7-8-15-31-23/h4-16,19,28H,3,17-18H2,1-2H3,(H,32,35). The largest absolute Gasteiger partial charge is 0.463 e. The Morgan fingerprint density at radius 3 is 2.61 bits per heavy atom. The Morgan fingerprint density at radius 1 is 1.05 bits per heavy atom. The predicted molar refractivity (Wildman–Crippen MR) is 150 cm³/mol. The number of hydrogen-bond acceptors (Lipinski definition) is 7. The smallest absolute Gasteiger partial charge is 0.338 e. The molecule has 0 spiro atoms. The lowest BCUT2D eigenvalue weighted by molar-refractivity contribution is -0.139. The summed E-state index contributed by atoms with van der Waals surface area (Å²) in [5, 5.41) is 5.61. The van der Waals surface area contributed by atoms with Gasteiger partial charge in [0.05, 0.1) is 42.6 Å². The number of benzene rings is 2. The first-order chi connectivity index (χ1) is 18.5. The lowest BCUT2D eigenvalue weighted by Gasteiger charge is -2.37. The molecule has 0 bridgehead atoms. The van der Waals surface area contributed by atoms with E-state index in [1.54, 1.807) is 13.1 Å². The minimum absolute atomic E-state index is 0.137. The topological polar surface area (TPSA) is 83.9 Å². The van der Waals surface area contributed by atoms with Crippen molar-refractivity contribution in [1.29, 1.82) is 0 Å². The Kier molecular flexibility index (Phi) is 7.70. The Morgan fingerprint density at radius 2 is 1.87 bits per heavy atom. The number of carbonyl (C=O) groups excluding carboxylic acids is 2. The molecule has 2 aliphatic heterocycles.